The molecule has 1 aliphatic carbocycles. The van der Waals surface area contributed by atoms with Gasteiger partial charge in [0.25, 0.3) is 0 Å². The van der Waals surface area contributed by atoms with Crippen molar-refractivity contribution in [2.24, 2.45) is 0 Å². The quantitative estimate of drug-likeness (QED) is 0.660. The highest BCUT2D eigenvalue weighted by molar-refractivity contribution is 5.80. The van der Waals surface area contributed by atoms with E-state index in [9.17, 15) is 14.4 Å². The van der Waals surface area contributed by atoms with Crippen LogP contribution in [0.25, 0.3) is 11.1 Å². The van der Waals surface area contributed by atoms with Gasteiger partial charge in [-0.1, -0.05) is 48.5 Å². The molecule has 0 bridgehead atoms. The maximum Gasteiger partial charge on any atom is 0.407 e. The molecule has 33 heavy (non-hydrogen) atoms. The van der Waals surface area contributed by atoms with Crippen molar-refractivity contribution in [3.8, 4) is 11.1 Å². The van der Waals surface area contributed by atoms with Crippen LogP contribution in [-0.2, 0) is 14.3 Å². The molecule has 2 N–H and O–H groups in total. The average Bonchev–Trinajstić information content (AvgIpc) is 3.11. The zero-order valence-electron chi connectivity index (χ0n) is 18.8. The number of carbonyl (C=O) groups excluding carboxylic acids is 2. The lowest BCUT2D eigenvalue weighted by atomic mass is 9.98. The van der Waals surface area contributed by atoms with E-state index < -0.39 is 18.1 Å². The van der Waals surface area contributed by atoms with Gasteiger partial charge < -0.3 is 20.1 Å². The van der Waals surface area contributed by atoms with Crippen molar-refractivity contribution >= 4 is 18.0 Å². The summed E-state index contributed by atoms with van der Waals surface area (Å²) in [5.74, 6) is -1.05. The summed E-state index contributed by atoms with van der Waals surface area (Å²) < 4.78 is 5.56. The molecular weight excluding hydrogens is 420 g/mol. The first-order valence-electron chi connectivity index (χ1n) is 11.6. The molecule has 0 radical (unpaired) electrons. The lowest BCUT2D eigenvalue weighted by Crippen LogP contribution is -2.47. The third-order valence-electron chi connectivity index (χ3n) is 6.55. The fraction of sp³-hybridized carbons (Fsp3) is 0.423. The van der Waals surface area contributed by atoms with Crippen LogP contribution in [0, 0.1) is 0 Å². The summed E-state index contributed by atoms with van der Waals surface area (Å²) in [6.45, 7) is 2.54. The van der Waals surface area contributed by atoms with E-state index in [0.717, 1.165) is 24.0 Å². The maximum absolute atomic E-state index is 12.8. The van der Waals surface area contributed by atoms with Crippen LogP contribution in [0.2, 0.25) is 0 Å². The van der Waals surface area contributed by atoms with Gasteiger partial charge in [-0.15, -0.1) is 0 Å². The van der Waals surface area contributed by atoms with Crippen LogP contribution in [-0.4, -0.2) is 53.2 Å². The zero-order chi connectivity index (χ0) is 23.4. The molecule has 7 nitrogen and oxygen atoms in total. The molecule has 2 aromatic carbocycles. The van der Waals surface area contributed by atoms with Gasteiger partial charge in [0.2, 0.25) is 5.91 Å². The van der Waals surface area contributed by atoms with Crippen LogP contribution >= 0.6 is 0 Å². The summed E-state index contributed by atoms with van der Waals surface area (Å²) in [6, 6.07) is 15.6. The van der Waals surface area contributed by atoms with Gasteiger partial charge >= 0.3 is 12.1 Å². The number of carbonyl (C=O) groups is 3. The van der Waals surface area contributed by atoms with Gasteiger partial charge in [0.1, 0.15) is 6.61 Å². The van der Waals surface area contributed by atoms with Gasteiger partial charge in [-0.25, -0.2) is 4.79 Å². The summed E-state index contributed by atoms with van der Waals surface area (Å²) in [5, 5.41) is 11.9. The van der Waals surface area contributed by atoms with Gasteiger partial charge in [0.15, 0.2) is 0 Å². The van der Waals surface area contributed by atoms with Crippen molar-refractivity contribution in [1.82, 2.24) is 10.2 Å². The lowest BCUT2D eigenvalue weighted by Gasteiger charge is -2.35. The fourth-order valence-corrected chi connectivity index (χ4v) is 5.01. The number of hydrogen-bond acceptors (Lipinski definition) is 4. The van der Waals surface area contributed by atoms with E-state index in [1.165, 1.54) is 11.1 Å². The van der Waals surface area contributed by atoms with E-state index in [1.54, 1.807) is 11.8 Å². The molecule has 1 saturated heterocycles. The van der Waals surface area contributed by atoms with Gasteiger partial charge in [0, 0.05) is 31.0 Å². The smallest absolute Gasteiger partial charge is 0.407 e. The van der Waals surface area contributed by atoms with Crippen molar-refractivity contribution in [1.29, 1.82) is 0 Å². The van der Waals surface area contributed by atoms with Crippen molar-refractivity contribution in [2.45, 2.75) is 57.0 Å². The summed E-state index contributed by atoms with van der Waals surface area (Å²) >= 11 is 0. The first kappa shape index (κ1) is 22.8. The Morgan fingerprint density at radius 2 is 1.70 bits per heavy atom. The SMILES string of the molecule is C[C@@H](CC(=O)N1CCCC[C@H]1CC(=O)O)NC(=O)OCC1c2ccccc2-c2ccccc21. The lowest BCUT2D eigenvalue weighted by molar-refractivity contribution is -0.142. The summed E-state index contributed by atoms with van der Waals surface area (Å²) in [7, 11) is 0. The summed E-state index contributed by atoms with van der Waals surface area (Å²) in [5.41, 5.74) is 4.62. The second-order valence-electron chi connectivity index (χ2n) is 8.91. The summed E-state index contributed by atoms with van der Waals surface area (Å²) in [6.07, 6.45) is 2.01. The fourth-order valence-electron chi connectivity index (χ4n) is 5.01. The molecule has 0 saturated carbocycles. The predicted octanol–water partition coefficient (Wildman–Crippen LogP) is 4.16. The zero-order valence-corrected chi connectivity index (χ0v) is 18.8. The number of carboxylic acids is 1. The minimum absolute atomic E-state index is 0.0229. The van der Waals surface area contributed by atoms with Crippen LogP contribution in [0.4, 0.5) is 4.79 Å². The Labute approximate surface area is 193 Å². The number of alkyl carbamates (subject to hydrolysis) is 1. The van der Waals surface area contributed by atoms with Gasteiger partial charge in [-0.2, -0.15) is 0 Å². The number of ether oxygens (including phenoxy) is 1. The minimum Gasteiger partial charge on any atom is -0.481 e. The number of rotatable bonds is 7. The monoisotopic (exact) mass is 450 g/mol. The first-order valence-corrected chi connectivity index (χ1v) is 11.6. The molecule has 1 aliphatic heterocycles. The number of likely N-dealkylation sites (tertiary alicyclic amines) is 1. The third-order valence-corrected chi connectivity index (χ3v) is 6.55. The molecule has 0 unspecified atom stereocenters. The van der Waals surface area contributed by atoms with Crippen LogP contribution in [0.15, 0.2) is 48.5 Å². The normalized spacial score (nSPS) is 18.2. The molecule has 2 amide bonds. The number of aliphatic carboxylic acids is 1. The number of nitrogens with zero attached hydrogens (tertiary/aromatic N) is 1. The van der Waals surface area contributed by atoms with Crippen molar-refractivity contribution in [3.63, 3.8) is 0 Å². The van der Waals surface area contributed by atoms with Gasteiger partial charge in [-0.05, 0) is 48.4 Å². The Hall–Kier alpha value is -3.35. The van der Waals surface area contributed by atoms with E-state index in [4.69, 9.17) is 9.84 Å². The Kier molecular flexibility index (Phi) is 6.96. The standard InChI is InChI=1S/C26H30N2O5/c1-17(14-24(29)28-13-7-6-8-18(28)15-25(30)31)27-26(32)33-16-23-21-11-4-2-9-19(21)20-10-3-5-12-22(20)23/h2-5,9-12,17-18,23H,6-8,13-16H2,1H3,(H,27,32)(H,30,31)/t17-,18-/m0/s1. The predicted molar refractivity (Wildman–Crippen MR) is 124 cm³/mol. The van der Waals surface area contributed by atoms with E-state index >= 15 is 0 Å². The van der Waals surface area contributed by atoms with E-state index in [1.807, 2.05) is 24.3 Å². The van der Waals surface area contributed by atoms with Crippen molar-refractivity contribution in [3.05, 3.63) is 59.7 Å². The number of nitrogens with one attached hydrogen (secondary N) is 1. The second-order valence-corrected chi connectivity index (χ2v) is 8.91. The minimum atomic E-state index is -0.899. The van der Waals surface area contributed by atoms with E-state index in [0.29, 0.717) is 13.0 Å². The number of carboxylic acid groups (broad SMARTS) is 1. The van der Waals surface area contributed by atoms with Gasteiger partial charge in [-0.3, -0.25) is 9.59 Å². The molecule has 2 aliphatic rings. The third kappa shape index (κ3) is 5.18. The number of amides is 2. The van der Waals surface area contributed by atoms with E-state index in [-0.39, 0.29) is 37.3 Å². The molecule has 1 fully saturated rings. The van der Waals surface area contributed by atoms with Crippen LogP contribution < -0.4 is 5.32 Å². The molecular formula is C26H30N2O5. The molecule has 7 heteroatoms. The molecule has 174 valence electrons. The Bertz CT molecular complexity index is 991. The highest BCUT2D eigenvalue weighted by Gasteiger charge is 2.31. The first-order chi connectivity index (χ1) is 15.9. The molecule has 0 spiro atoms. The van der Waals surface area contributed by atoms with Crippen LogP contribution in [0.5, 0.6) is 0 Å². The highest BCUT2D eigenvalue weighted by Crippen LogP contribution is 2.44. The molecule has 4 rings (SSSR count). The number of fused-ring (bicyclic) bond motifs is 3. The van der Waals surface area contributed by atoms with Crippen molar-refractivity contribution in [2.75, 3.05) is 13.2 Å². The van der Waals surface area contributed by atoms with Gasteiger partial charge in [0.05, 0.1) is 6.42 Å². The van der Waals surface area contributed by atoms with E-state index in [2.05, 4.69) is 29.6 Å². The van der Waals surface area contributed by atoms with Crippen molar-refractivity contribution < 1.29 is 24.2 Å². The molecule has 2 aromatic rings. The highest BCUT2D eigenvalue weighted by atomic mass is 16.5. The van der Waals surface area contributed by atoms with Crippen LogP contribution in [0.1, 0.15) is 56.1 Å². The summed E-state index contributed by atoms with van der Waals surface area (Å²) in [4.78, 5) is 38.0. The Morgan fingerprint density at radius 3 is 2.33 bits per heavy atom. The Morgan fingerprint density at radius 1 is 1.06 bits per heavy atom. The number of piperidine rings is 1. The molecule has 2 atom stereocenters. The second kappa shape index (κ2) is 10.1. The number of hydrogen-bond donors (Lipinski definition) is 2. The molecule has 1 heterocycles. The molecule has 0 aromatic heterocycles. The van der Waals surface area contributed by atoms with Crippen LogP contribution in [0.3, 0.4) is 0 Å². The maximum atomic E-state index is 12.8. The largest absolute Gasteiger partial charge is 0.481 e. The Balaban J connectivity index is 1.31. The number of benzene rings is 2. The topological polar surface area (TPSA) is 95.9 Å². The average molecular weight is 451 g/mol.